The average molecular weight is 563 g/mol. The first kappa shape index (κ1) is 26.9. The molecule has 1 unspecified atom stereocenters. The summed E-state index contributed by atoms with van der Waals surface area (Å²) in [6.45, 7) is 6.58. The molecule has 0 radical (unpaired) electrons. The predicted molar refractivity (Wildman–Crippen MR) is 151 cm³/mol. The molecule has 2 aliphatic carbocycles. The van der Waals surface area contributed by atoms with Crippen LogP contribution >= 0.6 is 0 Å². The van der Waals surface area contributed by atoms with Gasteiger partial charge in [-0.15, -0.1) is 0 Å². The van der Waals surface area contributed by atoms with Gasteiger partial charge in [-0.25, -0.2) is 0 Å². The molecular weight excluding hydrogens is 520 g/mol. The fourth-order valence-corrected chi connectivity index (χ4v) is 7.91. The van der Waals surface area contributed by atoms with Crippen molar-refractivity contribution in [2.24, 2.45) is 17.3 Å². The number of nitrogens with one attached hydrogen (secondary N) is 1. The molecule has 41 heavy (non-hydrogen) atoms. The molecule has 1 aromatic carbocycles. The molecule has 220 valence electrons. The molecule has 7 rings (SSSR count). The molecule has 1 aromatic rings. The number of ether oxygens (including phenoxy) is 1. The molecule has 4 amide bonds. The lowest BCUT2D eigenvalue weighted by molar-refractivity contribution is -0.139. The van der Waals surface area contributed by atoms with E-state index in [1.165, 1.54) is 6.42 Å². The van der Waals surface area contributed by atoms with Crippen LogP contribution in [0, 0.1) is 17.3 Å². The van der Waals surface area contributed by atoms with Gasteiger partial charge in [0, 0.05) is 56.2 Å². The number of carbonyl (C=O) groups is 4. The Morgan fingerprint density at radius 3 is 2.46 bits per heavy atom. The fraction of sp³-hybridized carbons (Fsp3) is 0.688. The summed E-state index contributed by atoms with van der Waals surface area (Å²) in [6.07, 6.45) is 9.69. The van der Waals surface area contributed by atoms with Crippen LogP contribution in [0.4, 0.5) is 0 Å². The van der Waals surface area contributed by atoms with Crippen LogP contribution in [0.1, 0.15) is 87.1 Å². The van der Waals surface area contributed by atoms with E-state index in [9.17, 15) is 19.2 Å². The maximum atomic E-state index is 13.1. The minimum atomic E-state index is -0.603. The van der Waals surface area contributed by atoms with E-state index < -0.39 is 6.04 Å². The minimum absolute atomic E-state index is 0.0581. The Hall–Kier alpha value is -2.94. The number of imide groups is 1. The number of nitrogens with zero attached hydrogens (tertiary/aromatic N) is 3. The Kier molecular flexibility index (Phi) is 6.83. The number of piperidine rings is 2. The Morgan fingerprint density at radius 2 is 1.73 bits per heavy atom. The number of benzene rings is 1. The van der Waals surface area contributed by atoms with Crippen molar-refractivity contribution < 1.29 is 23.9 Å². The number of carbonyl (C=O) groups excluding carboxylic acids is 4. The van der Waals surface area contributed by atoms with Crippen LogP contribution in [-0.2, 0) is 20.9 Å². The van der Waals surface area contributed by atoms with Crippen LogP contribution in [0.3, 0.4) is 0 Å². The van der Waals surface area contributed by atoms with Crippen molar-refractivity contribution in [2.45, 2.75) is 95.9 Å². The summed E-state index contributed by atoms with van der Waals surface area (Å²) >= 11 is 0. The second-order valence-corrected chi connectivity index (χ2v) is 13.6. The van der Waals surface area contributed by atoms with E-state index >= 15 is 0 Å². The van der Waals surface area contributed by atoms with Crippen LogP contribution in [-0.4, -0.2) is 82.7 Å². The van der Waals surface area contributed by atoms with Gasteiger partial charge in [0.1, 0.15) is 17.9 Å². The van der Waals surface area contributed by atoms with Gasteiger partial charge in [-0.1, -0.05) is 13.3 Å². The van der Waals surface area contributed by atoms with Gasteiger partial charge in [-0.05, 0) is 87.0 Å². The van der Waals surface area contributed by atoms with E-state index in [0.29, 0.717) is 36.4 Å². The SMILES string of the molecule is CC1(C(=O)N2CCC(C3CN([C@@H]4CCCC[C@H]4Oc4ccc5c(c4)CN(C4CCC(=O)NC4=O)C5=O)C3)CC2)CC1. The number of fused-ring (bicyclic) bond motifs is 1. The molecule has 3 saturated heterocycles. The van der Waals surface area contributed by atoms with Crippen molar-refractivity contribution >= 4 is 23.6 Å². The fourth-order valence-electron chi connectivity index (χ4n) is 7.91. The maximum Gasteiger partial charge on any atom is 0.255 e. The van der Waals surface area contributed by atoms with E-state index in [0.717, 1.165) is 88.4 Å². The highest BCUT2D eigenvalue weighted by Gasteiger charge is 2.48. The first-order chi connectivity index (χ1) is 19.8. The molecule has 4 heterocycles. The molecule has 0 aromatic heterocycles. The van der Waals surface area contributed by atoms with E-state index in [1.54, 1.807) is 4.90 Å². The van der Waals surface area contributed by atoms with Crippen LogP contribution in [0.15, 0.2) is 18.2 Å². The lowest BCUT2D eigenvalue weighted by Crippen LogP contribution is -2.60. The van der Waals surface area contributed by atoms with Gasteiger partial charge in [-0.2, -0.15) is 0 Å². The zero-order chi connectivity index (χ0) is 28.3. The zero-order valence-corrected chi connectivity index (χ0v) is 24.1. The molecule has 0 spiro atoms. The van der Waals surface area contributed by atoms with Gasteiger partial charge in [0.2, 0.25) is 17.7 Å². The van der Waals surface area contributed by atoms with Gasteiger partial charge in [0.25, 0.3) is 5.91 Å². The van der Waals surface area contributed by atoms with Crippen LogP contribution < -0.4 is 10.1 Å². The molecule has 9 nitrogen and oxygen atoms in total. The molecule has 6 aliphatic rings. The maximum absolute atomic E-state index is 13.1. The highest BCUT2D eigenvalue weighted by atomic mass is 16.5. The Morgan fingerprint density at radius 1 is 0.976 bits per heavy atom. The highest BCUT2D eigenvalue weighted by molar-refractivity contribution is 6.05. The van der Waals surface area contributed by atoms with Gasteiger partial charge in [0.05, 0.1) is 0 Å². The lowest BCUT2D eigenvalue weighted by atomic mass is 9.77. The number of likely N-dealkylation sites (tertiary alicyclic amines) is 2. The summed E-state index contributed by atoms with van der Waals surface area (Å²) < 4.78 is 6.62. The first-order valence-corrected chi connectivity index (χ1v) is 15.8. The summed E-state index contributed by atoms with van der Waals surface area (Å²) in [5.41, 5.74) is 1.44. The van der Waals surface area contributed by atoms with Crippen molar-refractivity contribution in [2.75, 3.05) is 26.2 Å². The van der Waals surface area contributed by atoms with E-state index in [-0.39, 0.29) is 35.7 Å². The number of hydrogen-bond acceptors (Lipinski definition) is 6. The Bertz CT molecular complexity index is 1250. The smallest absolute Gasteiger partial charge is 0.255 e. The molecule has 0 bridgehead atoms. The summed E-state index contributed by atoms with van der Waals surface area (Å²) in [5.74, 6) is 1.79. The van der Waals surface area contributed by atoms with E-state index in [4.69, 9.17) is 4.74 Å². The van der Waals surface area contributed by atoms with Gasteiger partial charge in [-0.3, -0.25) is 29.4 Å². The topological polar surface area (TPSA) is 99.3 Å². The average Bonchev–Trinajstić information content (AvgIpc) is 3.62. The Balaban J connectivity index is 0.940. The summed E-state index contributed by atoms with van der Waals surface area (Å²) in [7, 11) is 0. The number of amides is 4. The van der Waals surface area contributed by atoms with Crippen molar-refractivity contribution in [3.63, 3.8) is 0 Å². The molecule has 4 aliphatic heterocycles. The largest absolute Gasteiger partial charge is 0.489 e. The van der Waals surface area contributed by atoms with E-state index in [1.807, 2.05) is 18.2 Å². The number of rotatable bonds is 6. The zero-order valence-electron chi connectivity index (χ0n) is 24.1. The van der Waals surface area contributed by atoms with E-state index in [2.05, 4.69) is 22.0 Å². The summed E-state index contributed by atoms with van der Waals surface area (Å²) in [5, 5.41) is 2.37. The quantitative estimate of drug-likeness (QED) is 0.535. The van der Waals surface area contributed by atoms with Gasteiger partial charge >= 0.3 is 0 Å². The highest BCUT2D eigenvalue weighted by Crippen LogP contribution is 2.47. The minimum Gasteiger partial charge on any atom is -0.489 e. The van der Waals surface area contributed by atoms with Gasteiger partial charge in [0.15, 0.2) is 0 Å². The van der Waals surface area contributed by atoms with Crippen LogP contribution in [0.25, 0.3) is 0 Å². The second-order valence-electron chi connectivity index (χ2n) is 13.6. The summed E-state index contributed by atoms with van der Waals surface area (Å²) in [4.78, 5) is 56.1. The first-order valence-electron chi connectivity index (χ1n) is 15.8. The van der Waals surface area contributed by atoms with Gasteiger partial charge < -0.3 is 14.5 Å². The van der Waals surface area contributed by atoms with Crippen molar-refractivity contribution in [3.05, 3.63) is 29.3 Å². The molecule has 1 N–H and O–H groups in total. The standard InChI is InChI=1S/C32H42N4O5/c1-32(12-13-32)31(40)34-14-10-20(11-15-34)22-17-35(18-22)25-4-2-3-5-27(25)41-23-6-7-24-21(16-23)19-36(30(24)39)26-8-9-28(37)33-29(26)38/h6-7,16,20,22,25-27H,2-5,8-15,17-19H2,1H3,(H,33,37,38)/t25-,26?,27-/m1/s1. The summed E-state index contributed by atoms with van der Waals surface area (Å²) in [6, 6.07) is 5.50. The number of hydrogen-bond donors (Lipinski definition) is 1. The van der Waals surface area contributed by atoms with Crippen molar-refractivity contribution in [1.29, 1.82) is 0 Å². The molecule has 3 atom stereocenters. The monoisotopic (exact) mass is 562 g/mol. The second kappa shape index (κ2) is 10.4. The van der Waals surface area contributed by atoms with Crippen LogP contribution in [0.5, 0.6) is 5.75 Å². The molecular formula is C32H42N4O5. The lowest BCUT2D eigenvalue weighted by Gasteiger charge is -2.51. The third-order valence-corrected chi connectivity index (χ3v) is 10.9. The third-order valence-electron chi connectivity index (χ3n) is 10.9. The van der Waals surface area contributed by atoms with Crippen molar-refractivity contribution in [1.82, 2.24) is 20.0 Å². The molecule has 9 heteroatoms. The predicted octanol–water partition coefficient (Wildman–Crippen LogP) is 3.11. The molecule has 5 fully saturated rings. The van der Waals surface area contributed by atoms with Crippen LogP contribution in [0.2, 0.25) is 0 Å². The molecule has 2 saturated carbocycles. The van der Waals surface area contributed by atoms with Crippen molar-refractivity contribution in [3.8, 4) is 5.75 Å². The third kappa shape index (κ3) is 5.04. The normalized spacial score (nSPS) is 30.6. The Labute approximate surface area is 241 Å².